The van der Waals surface area contributed by atoms with E-state index in [1.165, 1.54) is 0 Å². The Morgan fingerprint density at radius 3 is 2.59 bits per heavy atom. The Morgan fingerprint density at radius 1 is 0.969 bits per heavy atom. The average Bonchev–Trinajstić information content (AvgIpc) is 2.84. The standard InChI is InChI=1S/C26H25N5O/c1-20-7-2-3-10-23(20)24-11-12-25(31(19-32)18-21-8-6-14-27-17-21)26(30-24)29-16-13-22-9-4-5-15-28-22/h2-12,14-15,17,19H,13,16,18H2,1H3,(H,29,30). The molecule has 4 rings (SSSR count). The number of carbonyl (C=O) groups is 1. The maximum atomic E-state index is 12.0. The fourth-order valence-corrected chi connectivity index (χ4v) is 3.55. The highest BCUT2D eigenvalue weighted by atomic mass is 16.1. The first-order valence-electron chi connectivity index (χ1n) is 10.6. The lowest BCUT2D eigenvalue weighted by Gasteiger charge is -2.22. The molecule has 0 aliphatic carbocycles. The van der Waals surface area contributed by atoms with Crippen molar-refractivity contribution in [3.63, 3.8) is 0 Å². The van der Waals surface area contributed by atoms with Gasteiger partial charge in [0.25, 0.3) is 0 Å². The maximum absolute atomic E-state index is 12.0. The molecule has 3 heterocycles. The largest absolute Gasteiger partial charge is 0.368 e. The molecule has 32 heavy (non-hydrogen) atoms. The second-order valence-corrected chi connectivity index (χ2v) is 7.47. The van der Waals surface area contributed by atoms with Gasteiger partial charge in [-0.2, -0.15) is 0 Å². The molecular weight excluding hydrogens is 398 g/mol. The van der Waals surface area contributed by atoms with Gasteiger partial charge < -0.3 is 10.2 Å². The number of aryl methyl sites for hydroxylation is 1. The number of hydrogen-bond donors (Lipinski definition) is 1. The van der Waals surface area contributed by atoms with E-state index in [0.717, 1.165) is 46.6 Å². The van der Waals surface area contributed by atoms with E-state index >= 15 is 0 Å². The van der Waals surface area contributed by atoms with E-state index in [2.05, 4.69) is 34.3 Å². The number of rotatable bonds is 9. The van der Waals surface area contributed by atoms with Gasteiger partial charge in [0, 0.05) is 42.8 Å². The maximum Gasteiger partial charge on any atom is 0.214 e. The summed E-state index contributed by atoms with van der Waals surface area (Å²) in [7, 11) is 0. The molecule has 0 fully saturated rings. The van der Waals surface area contributed by atoms with Gasteiger partial charge in [-0.05, 0) is 48.4 Å². The van der Waals surface area contributed by atoms with E-state index in [1.807, 2.05) is 54.6 Å². The molecule has 4 aromatic rings. The Bertz CT molecular complexity index is 1170. The van der Waals surface area contributed by atoms with Gasteiger partial charge in [0.2, 0.25) is 6.41 Å². The van der Waals surface area contributed by atoms with Gasteiger partial charge in [-0.1, -0.05) is 36.4 Å². The molecule has 3 aromatic heterocycles. The Labute approximate surface area is 188 Å². The molecule has 0 atom stereocenters. The lowest BCUT2D eigenvalue weighted by molar-refractivity contribution is -0.107. The fraction of sp³-hybridized carbons (Fsp3) is 0.154. The number of hydrogen-bond acceptors (Lipinski definition) is 5. The minimum Gasteiger partial charge on any atom is -0.368 e. The highest BCUT2D eigenvalue weighted by molar-refractivity contribution is 5.83. The number of aromatic nitrogens is 3. The van der Waals surface area contributed by atoms with Gasteiger partial charge in [0.1, 0.15) is 0 Å². The summed E-state index contributed by atoms with van der Waals surface area (Å²) in [6.45, 7) is 3.13. The normalized spacial score (nSPS) is 10.5. The van der Waals surface area contributed by atoms with Crippen LogP contribution in [0.3, 0.4) is 0 Å². The van der Waals surface area contributed by atoms with Crippen LogP contribution in [0.25, 0.3) is 11.3 Å². The van der Waals surface area contributed by atoms with E-state index in [1.54, 1.807) is 23.5 Å². The summed E-state index contributed by atoms with van der Waals surface area (Å²) >= 11 is 0. The monoisotopic (exact) mass is 423 g/mol. The number of anilines is 2. The van der Waals surface area contributed by atoms with Gasteiger partial charge in [-0.3, -0.25) is 14.8 Å². The van der Waals surface area contributed by atoms with Gasteiger partial charge >= 0.3 is 0 Å². The van der Waals surface area contributed by atoms with Crippen molar-refractivity contribution in [3.05, 3.63) is 102 Å². The first-order chi connectivity index (χ1) is 15.7. The molecule has 0 bridgehead atoms. The Morgan fingerprint density at radius 2 is 1.84 bits per heavy atom. The van der Waals surface area contributed by atoms with E-state index in [9.17, 15) is 4.79 Å². The van der Waals surface area contributed by atoms with Crippen molar-refractivity contribution in [1.29, 1.82) is 0 Å². The number of amides is 1. The summed E-state index contributed by atoms with van der Waals surface area (Å²) in [5.41, 5.74) is 5.74. The van der Waals surface area contributed by atoms with Crippen LogP contribution in [-0.2, 0) is 17.8 Å². The van der Waals surface area contributed by atoms with Crippen molar-refractivity contribution in [1.82, 2.24) is 15.0 Å². The molecule has 0 saturated heterocycles. The Balaban J connectivity index is 1.64. The molecule has 0 unspecified atom stereocenters. The van der Waals surface area contributed by atoms with Gasteiger partial charge in [0.15, 0.2) is 5.82 Å². The second-order valence-electron chi connectivity index (χ2n) is 7.47. The molecule has 1 N–H and O–H groups in total. The first kappa shape index (κ1) is 21.2. The van der Waals surface area contributed by atoms with Crippen molar-refractivity contribution in [2.24, 2.45) is 0 Å². The fourth-order valence-electron chi connectivity index (χ4n) is 3.55. The summed E-state index contributed by atoms with van der Waals surface area (Å²) in [5, 5.41) is 3.42. The molecule has 1 amide bonds. The third-order valence-electron chi connectivity index (χ3n) is 5.21. The van der Waals surface area contributed by atoms with Crippen LogP contribution >= 0.6 is 0 Å². The molecule has 0 aliphatic heterocycles. The van der Waals surface area contributed by atoms with E-state index in [-0.39, 0.29) is 0 Å². The molecule has 0 aliphatic rings. The van der Waals surface area contributed by atoms with Crippen LogP contribution in [0.15, 0.2) is 85.3 Å². The molecular formula is C26H25N5O. The van der Waals surface area contributed by atoms with E-state index in [4.69, 9.17) is 4.98 Å². The zero-order chi connectivity index (χ0) is 22.2. The summed E-state index contributed by atoms with van der Waals surface area (Å²) in [4.78, 5) is 27.1. The van der Waals surface area contributed by atoms with Crippen molar-refractivity contribution >= 4 is 17.9 Å². The zero-order valence-electron chi connectivity index (χ0n) is 18.0. The van der Waals surface area contributed by atoms with Crippen LogP contribution in [0.5, 0.6) is 0 Å². The molecule has 160 valence electrons. The Hall–Kier alpha value is -4.06. The van der Waals surface area contributed by atoms with Crippen molar-refractivity contribution in [3.8, 4) is 11.3 Å². The minimum absolute atomic E-state index is 0.414. The van der Waals surface area contributed by atoms with Crippen LogP contribution in [0.4, 0.5) is 11.5 Å². The van der Waals surface area contributed by atoms with E-state index < -0.39 is 0 Å². The second kappa shape index (κ2) is 10.3. The number of nitrogens with one attached hydrogen (secondary N) is 1. The minimum atomic E-state index is 0.414. The predicted molar refractivity (Wildman–Crippen MR) is 127 cm³/mol. The van der Waals surface area contributed by atoms with Crippen molar-refractivity contribution in [2.45, 2.75) is 19.9 Å². The molecule has 0 saturated carbocycles. The van der Waals surface area contributed by atoms with Crippen LogP contribution < -0.4 is 10.2 Å². The smallest absolute Gasteiger partial charge is 0.214 e. The van der Waals surface area contributed by atoms with Gasteiger partial charge in [0.05, 0.1) is 17.9 Å². The Kier molecular flexibility index (Phi) is 6.82. The predicted octanol–water partition coefficient (Wildman–Crippen LogP) is 4.66. The quantitative estimate of drug-likeness (QED) is 0.396. The molecule has 0 radical (unpaired) electrons. The van der Waals surface area contributed by atoms with Gasteiger partial charge in [-0.25, -0.2) is 4.98 Å². The highest BCUT2D eigenvalue weighted by Gasteiger charge is 2.15. The summed E-state index contributed by atoms with van der Waals surface area (Å²) < 4.78 is 0. The molecule has 6 nitrogen and oxygen atoms in total. The van der Waals surface area contributed by atoms with Crippen LogP contribution in [-0.4, -0.2) is 27.9 Å². The first-order valence-corrected chi connectivity index (χ1v) is 10.6. The van der Waals surface area contributed by atoms with Crippen molar-refractivity contribution < 1.29 is 4.79 Å². The zero-order valence-corrected chi connectivity index (χ0v) is 18.0. The highest BCUT2D eigenvalue weighted by Crippen LogP contribution is 2.30. The summed E-state index contributed by atoms with van der Waals surface area (Å²) in [5.74, 6) is 0.665. The van der Waals surface area contributed by atoms with E-state index in [0.29, 0.717) is 18.9 Å². The topological polar surface area (TPSA) is 71.0 Å². The van der Waals surface area contributed by atoms with Crippen LogP contribution in [0, 0.1) is 6.92 Å². The number of pyridine rings is 3. The van der Waals surface area contributed by atoms with Crippen LogP contribution in [0.1, 0.15) is 16.8 Å². The summed E-state index contributed by atoms with van der Waals surface area (Å²) in [6.07, 6.45) is 6.86. The van der Waals surface area contributed by atoms with Gasteiger partial charge in [-0.15, -0.1) is 0 Å². The lowest BCUT2D eigenvalue weighted by atomic mass is 10.1. The third kappa shape index (κ3) is 5.16. The summed E-state index contributed by atoms with van der Waals surface area (Å²) in [6, 6.07) is 21.8. The number of nitrogens with zero attached hydrogens (tertiary/aromatic N) is 4. The molecule has 1 aromatic carbocycles. The SMILES string of the molecule is Cc1ccccc1-c1ccc(N(C=O)Cc2cccnc2)c(NCCc2ccccn2)n1. The number of benzene rings is 1. The third-order valence-corrected chi connectivity index (χ3v) is 5.21. The lowest BCUT2D eigenvalue weighted by Crippen LogP contribution is -2.23. The van der Waals surface area contributed by atoms with Crippen molar-refractivity contribution in [2.75, 3.05) is 16.8 Å². The van der Waals surface area contributed by atoms with Crippen LogP contribution in [0.2, 0.25) is 0 Å². The molecule has 0 spiro atoms. The average molecular weight is 424 g/mol. The molecule has 6 heteroatoms. The number of carbonyl (C=O) groups excluding carboxylic acids is 1.